The number of nitrogens with zero attached hydrogens (tertiary/aromatic N) is 1. The fourth-order valence-electron chi connectivity index (χ4n) is 2.86. The van der Waals surface area contributed by atoms with Gasteiger partial charge >= 0.3 is 0 Å². The van der Waals surface area contributed by atoms with Crippen LogP contribution in [0.2, 0.25) is 5.02 Å². The van der Waals surface area contributed by atoms with Gasteiger partial charge in [-0.1, -0.05) is 31.5 Å². The minimum atomic E-state index is -0.346. The van der Waals surface area contributed by atoms with Crippen LogP contribution in [0, 0.1) is 5.41 Å². The Morgan fingerprint density at radius 2 is 2.19 bits per heavy atom. The van der Waals surface area contributed by atoms with E-state index in [1.807, 2.05) is 4.90 Å². The van der Waals surface area contributed by atoms with Gasteiger partial charge in [0.15, 0.2) is 0 Å². The number of phenols is 1. The summed E-state index contributed by atoms with van der Waals surface area (Å²) in [4.78, 5) is 14.3. The molecule has 0 spiro atoms. The summed E-state index contributed by atoms with van der Waals surface area (Å²) in [5.74, 6) is 0.0471. The van der Waals surface area contributed by atoms with Crippen molar-refractivity contribution >= 4 is 17.5 Å². The van der Waals surface area contributed by atoms with E-state index in [9.17, 15) is 15.0 Å². The zero-order valence-electron chi connectivity index (χ0n) is 12.5. The molecule has 0 aliphatic carbocycles. The minimum absolute atomic E-state index is 0.0203. The molecule has 1 aromatic carbocycles. The van der Waals surface area contributed by atoms with Gasteiger partial charge < -0.3 is 15.1 Å². The first-order valence-electron chi connectivity index (χ1n) is 7.20. The van der Waals surface area contributed by atoms with Gasteiger partial charge in [0, 0.05) is 13.1 Å². The van der Waals surface area contributed by atoms with Gasteiger partial charge in [-0.3, -0.25) is 4.79 Å². The van der Waals surface area contributed by atoms with Crippen LogP contribution in [-0.2, 0) is 11.2 Å². The summed E-state index contributed by atoms with van der Waals surface area (Å²) in [6.07, 6.45) is 1.24. The average molecular weight is 312 g/mol. The van der Waals surface area contributed by atoms with E-state index in [2.05, 4.69) is 13.8 Å². The average Bonchev–Trinajstić information content (AvgIpc) is 2.51. The molecule has 1 saturated heterocycles. The van der Waals surface area contributed by atoms with E-state index in [-0.39, 0.29) is 34.6 Å². The number of benzene rings is 1. The van der Waals surface area contributed by atoms with Crippen molar-refractivity contribution in [1.82, 2.24) is 4.90 Å². The van der Waals surface area contributed by atoms with E-state index in [1.165, 1.54) is 6.07 Å². The van der Waals surface area contributed by atoms with E-state index in [1.54, 1.807) is 12.1 Å². The van der Waals surface area contributed by atoms with Crippen LogP contribution in [0.5, 0.6) is 5.75 Å². The molecule has 1 atom stereocenters. The quantitative estimate of drug-likeness (QED) is 0.882. The highest BCUT2D eigenvalue weighted by Crippen LogP contribution is 2.29. The molecule has 2 rings (SSSR count). The summed E-state index contributed by atoms with van der Waals surface area (Å²) < 4.78 is 0. The van der Waals surface area contributed by atoms with Crippen molar-refractivity contribution in [3.05, 3.63) is 28.8 Å². The second kappa shape index (κ2) is 6.24. The highest BCUT2D eigenvalue weighted by atomic mass is 35.5. The first-order chi connectivity index (χ1) is 9.77. The van der Waals surface area contributed by atoms with Crippen LogP contribution in [0.25, 0.3) is 0 Å². The number of carbonyl (C=O) groups excluding carboxylic acids is 1. The van der Waals surface area contributed by atoms with Crippen molar-refractivity contribution in [2.75, 3.05) is 13.1 Å². The number of carbonyl (C=O) groups is 1. The molecule has 0 saturated carbocycles. The van der Waals surface area contributed by atoms with Crippen LogP contribution in [0.3, 0.4) is 0 Å². The number of rotatable bonds is 2. The first-order valence-corrected chi connectivity index (χ1v) is 7.58. The minimum Gasteiger partial charge on any atom is -0.506 e. The standard InChI is InChI=1S/C16H22ClNO3/c1-16(2)9-12(19)5-6-18(10-16)15(21)8-11-3-4-14(20)13(17)7-11/h3-4,7,12,19-20H,5-6,8-10H2,1-2H3. The van der Waals surface area contributed by atoms with Gasteiger partial charge in [0.05, 0.1) is 17.5 Å². The van der Waals surface area contributed by atoms with E-state index < -0.39 is 0 Å². The Balaban J connectivity index is 2.06. The van der Waals surface area contributed by atoms with Crippen LogP contribution in [0.4, 0.5) is 0 Å². The van der Waals surface area contributed by atoms with Crippen molar-refractivity contribution in [3.8, 4) is 5.75 Å². The number of hydrogen-bond acceptors (Lipinski definition) is 3. The topological polar surface area (TPSA) is 60.8 Å². The van der Waals surface area contributed by atoms with Gasteiger partial charge in [-0.05, 0) is 36.0 Å². The molecule has 1 unspecified atom stereocenters. The maximum atomic E-state index is 12.4. The predicted octanol–water partition coefficient (Wildman–Crippen LogP) is 2.60. The summed E-state index contributed by atoms with van der Waals surface area (Å²) in [5.41, 5.74) is 0.698. The van der Waals surface area contributed by atoms with Crippen molar-refractivity contribution in [2.45, 2.75) is 39.2 Å². The Morgan fingerprint density at radius 3 is 2.86 bits per heavy atom. The van der Waals surface area contributed by atoms with Gasteiger partial charge in [0.2, 0.25) is 5.91 Å². The molecule has 1 aliphatic rings. The second-order valence-electron chi connectivity index (χ2n) is 6.59. The third-order valence-corrected chi connectivity index (χ3v) is 4.16. The van der Waals surface area contributed by atoms with E-state index in [0.717, 1.165) is 5.56 Å². The van der Waals surface area contributed by atoms with Crippen molar-refractivity contribution in [2.24, 2.45) is 5.41 Å². The number of aliphatic hydroxyl groups is 1. The van der Waals surface area contributed by atoms with Crippen LogP contribution in [0.1, 0.15) is 32.3 Å². The van der Waals surface area contributed by atoms with Gasteiger partial charge in [0.1, 0.15) is 5.75 Å². The summed E-state index contributed by atoms with van der Waals surface area (Å²) >= 11 is 5.87. The fraction of sp³-hybridized carbons (Fsp3) is 0.562. The highest BCUT2D eigenvalue weighted by Gasteiger charge is 2.31. The molecular weight excluding hydrogens is 290 g/mol. The second-order valence-corrected chi connectivity index (χ2v) is 7.00. The van der Waals surface area contributed by atoms with Crippen LogP contribution >= 0.6 is 11.6 Å². The van der Waals surface area contributed by atoms with Crippen molar-refractivity contribution in [3.63, 3.8) is 0 Å². The third kappa shape index (κ3) is 4.35. The normalized spacial score (nSPS) is 21.9. The monoisotopic (exact) mass is 311 g/mol. The zero-order chi connectivity index (χ0) is 15.6. The highest BCUT2D eigenvalue weighted by molar-refractivity contribution is 6.32. The largest absolute Gasteiger partial charge is 0.506 e. The lowest BCUT2D eigenvalue weighted by Crippen LogP contribution is -2.38. The lowest BCUT2D eigenvalue weighted by molar-refractivity contribution is -0.131. The number of hydrogen-bond donors (Lipinski definition) is 2. The summed E-state index contributed by atoms with van der Waals surface area (Å²) in [7, 11) is 0. The fourth-order valence-corrected chi connectivity index (χ4v) is 3.07. The van der Waals surface area contributed by atoms with E-state index >= 15 is 0 Å². The first kappa shape index (κ1) is 16.1. The molecule has 2 N–H and O–H groups in total. The number of likely N-dealkylation sites (tertiary alicyclic amines) is 1. The van der Waals surface area contributed by atoms with Crippen molar-refractivity contribution < 1.29 is 15.0 Å². The SMILES string of the molecule is CC1(C)CC(O)CCN(C(=O)Cc2ccc(O)c(Cl)c2)C1. The number of aromatic hydroxyl groups is 1. The van der Waals surface area contributed by atoms with Crippen molar-refractivity contribution in [1.29, 1.82) is 0 Å². The summed E-state index contributed by atoms with van der Waals surface area (Å²) in [6.45, 7) is 5.36. The summed E-state index contributed by atoms with van der Waals surface area (Å²) in [5, 5.41) is 19.6. The van der Waals surface area contributed by atoms with E-state index in [4.69, 9.17) is 11.6 Å². The molecule has 1 heterocycles. The molecule has 21 heavy (non-hydrogen) atoms. The van der Waals surface area contributed by atoms with Crippen LogP contribution in [-0.4, -0.2) is 40.2 Å². The Labute approximate surface area is 130 Å². The van der Waals surface area contributed by atoms with Gasteiger partial charge in [0.25, 0.3) is 0 Å². The molecule has 116 valence electrons. The van der Waals surface area contributed by atoms with Gasteiger partial charge in [-0.25, -0.2) is 0 Å². The molecule has 4 nitrogen and oxygen atoms in total. The Hall–Kier alpha value is -1.26. The van der Waals surface area contributed by atoms with Gasteiger partial charge in [-0.15, -0.1) is 0 Å². The Bertz CT molecular complexity index is 530. The number of amides is 1. The number of aliphatic hydroxyl groups excluding tert-OH is 1. The molecule has 1 aromatic rings. The number of phenolic OH excluding ortho intramolecular Hbond substituents is 1. The van der Waals surface area contributed by atoms with Crippen LogP contribution < -0.4 is 0 Å². The zero-order valence-corrected chi connectivity index (χ0v) is 13.2. The lowest BCUT2D eigenvalue weighted by atomic mass is 9.87. The molecule has 5 heteroatoms. The smallest absolute Gasteiger partial charge is 0.227 e. The molecule has 0 radical (unpaired) electrons. The predicted molar refractivity (Wildman–Crippen MR) is 82.4 cm³/mol. The molecule has 0 aromatic heterocycles. The Kier molecular flexibility index (Phi) is 4.79. The lowest BCUT2D eigenvalue weighted by Gasteiger charge is -2.29. The summed E-state index contributed by atoms with van der Waals surface area (Å²) in [6, 6.07) is 4.82. The number of halogens is 1. The Morgan fingerprint density at radius 1 is 1.48 bits per heavy atom. The third-order valence-electron chi connectivity index (χ3n) is 3.86. The molecular formula is C16H22ClNO3. The molecule has 1 fully saturated rings. The van der Waals surface area contributed by atoms with Crippen LogP contribution in [0.15, 0.2) is 18.2 Å². The molecule has 1 aliphatic heterocycles. The van der Waals surface area contributed by atoms with Gasteiger partial charge in [-0.2, -0.15) is 0 Å². The van der Waals surface area contributed by atoms with E-state index in [0.29, 0.717) is 25.9 Å². The maximum Gasteiger partial charge on any atom is 0.227 e. The molecule has 0 bridgehead atoms. The molecule has 1 amide bonds. The maximum absolute atomic E-state index is 12.4.